The Balaban J connectivity index is 2.24. The zero-order valence-electron chi connectivity index (χ0n) is 14.1. The van der Waals surface area contributed by atoms with Crippen LogP contribution in [-0.2, 0) is 9.47 Å². The first kappa shape index (κ1) is 17.9. The predicted molar refractivity (Wildman–Crippen MR) is 84.2 cm³/mol. The Morgan fingerprint density at radius 2 is 1.95 bits per heavy atom. The van der Waals surface area contributed by atoms with Crippen LogP contribution in [0.3, 0.4) is 0 Å². The molecule has 0 amide bonds. The molecule has 0 radical (unpaired) electrons. The van der Waals surface area contributed by atoms with Crippen LogP contribution in [-0.4, -0.2) is 63.0 Å². The van der Waals surface area contributed by atoms with Crippen molar-refractivity contribution in [1.82, 2.24) is 10.2 Å². The minimum absolute atomic E-state index is 0.236. The van der Waals surface area contributed by atoms with Gasteiger partial charge in [0.15, 0.2) is 0 Å². The van der Waals surface area contributed by atoms with Crippen LogP contribution in [0.5, 0.6) is 0 Å². The van der Waals surface area contributed by atoms with Gasteiger partial charge < -0.3 is 14.8 Å². The number of ether oxygens (including phenoxy) is 2. The van der Waals surface area contributed by atoms with E-state index in [0.717, 1.165) is 26.1 Å². The molecule has 0 aromatic heterocycles. The fourth-order valence-electron chi connectivity index (χ4n) is 2.86. The van der Waals surface area contributed by atoms with Crippen molar-refractivity contribution < 1.29 is 9.47 Å². The van der Waals surface area contributed by atoms with Gasteiger partial charge in [0.1, 0.15) is 0 Å². The van der Waals surface area contributed by atoms with E-state index in [9.17, 15) is 0 Å². The van der Waals surface area contributed by atoms with Crippen LogP contribution >= 0.6 is 0 Å². The highest BCUT2D eigenvalue weighted by Crippen LogP contribution is 2.20. The molecule has 1 N–H and O–H groups in total. The highest BCUT2D eigenvalue weighted by atomic mass is 16.5. The number of nitrogens with one attached hydrogen (secondary N) is 1. The molecule has 1 aliphatic heterocycles. The summed E-state index contributed by atoms with van der Waals surface area (Å²) in [6.45, 7) is 14.9. The Labute approximate surface area is 125 Å². The number of unbranched alkanes of at least 4 members (excludes halogenated alkanes) is 1. The van der Waals surface area contributed by atoms with E-state index < -0.39 is 0 Å². The number of rotatable bonds is 9. The van der Waals surface area contributed by atoms with Crippen LogP contribution in [0.1, 0.15) is 40.5 Å². The lowest BCUT2D eigenvalue weighted by Crippen LogP contribution is -2.62. The Morgan fingerprint density at radius 1 is 1.20 bits per heavy atom. The lowest BCUT2D eigenvalue weighted by Gasteiger charge is -2.46. The number of methoxy groups -OCH3 is 1. The van der Waals surface area contributed by atoms with Crippen molar-refractivity contribution >= 4 is 0 Å². The van der Waals surface area contributed by atoms with E-state index in [0.29, 0.717) is 25.2 Å². The summed E-state index contributed by atoms with van der Waals surface area (Å²) < 4.78 is 10.5. The molecule has 0 spiro atoms. The third-order valence-electron chi connectivity index (χ3n) is 4.04. The van der Waals surface area contributed by atoms with Crippen molar-refractivity contribution in [2.24, 2.45) is 5.92 Å². The molecule has 1 fully saturated rings. The molecule has 0 bridgehead atoms. The van der Waals surface area contributed by atoms with Gasteiger partial charge in [0, 0.05) is 38.4 Å². The molecule has 4 nitrogen and oxygen atoms in total. The maximum Gasteiger partial charge on any atom is 0.0700 e. The molecular formula is C16H34N2O2. The van der Waals surface area contributed by atoms with Crippen LogP contribution in [0, 0.1) is 5.92 Å². The Kier molecular flexibility index (Phi) is 8.03. The number of nitrogens with zero attached hydrogens (tertiary/aromatic N) is 1. The summed E-state index contributed by atoms with van der Waals surface area (Å²) in [6.07, 6.45) is 2.35. The molecule has 0 saturated carbocycles. The summed E-state index contributed by atoms with van der Waals surface area (Å²) in [4.78, 5) is 2.66. The van der Waals surface area contributed by atoms with Gasteiger partial charge in [-0.25, -0.2) is 0 Å². The van der Waals surface area contributed by atoms with Crippen molar-refractivity contribution in [3.63, 3.8) is 0 Å². The number of piperazine rings is 1. The smallest absolute Gasteiger partial charge is 0.0700 e. The largest absolute Gasteiger partial charge is 0.382 e. The standard InChI is InChI=1S/C16H34N2O2/c1-14(2)15-12-17-16(3,4)13-18(15)8-6-7-9-20-11-10-19-5/h14-15,17H,6-13H2,1-5H3. The second-order valence-corrected chi connectivity index (χ2v) is 6.86. The van der Waals surface area contributed by atoms with E-state index in [1.165, 1.54) is 13.0 Å². The topological polar surface area (TPSA) is 33.7 Å². The maximum absolute atomic E-state index is 5.52. The van der Waals surface area contributed by atoms with Crippen molar-refractivity contribution in [2.45, 2.75) is 52.1 Å². The van der Waals surface area contributed by atoms with Crippen LogP contribution in [0.15, 0.2) is 0 Å². The number of hydrogen-bond acceptors (Lipinski definition) is 4. The van der Waals surface area contributed by atoms with Gasteiger partial charge in [-0.1, -0.05) is 13.8 Å². The van der Waals surface area contributed by atoms with Gasteiger partial charge in [0.2, 0.25) is 0 Å². The summed E-state index contributed by atoms with van der Waals surface area (Å²) in [7, 11) is 1.71. The van der Waals surface area contributed by atoms with Crippen LogP contribution in [0.2, 0.25) is 0 Å². The zero-order chi connectivity index (χ0) is 15.0. The van der Waals surface area contributed by atoms with Gasteiger partial charge >= 0.3 is 0 Å². The molecule has 1 heterocycles. The van der Waals surface area contributed by atoms with E-state index in [-0.39, 0.29) is 5.54 Å². The average Bonchev–Trinajstić information content (AvgIpc) is 2.36. The second-order valence-electron chi connectivity index (χ2n) is 6.86. The predicted octanol–water partition coefficient (Wildman–Crippen LogP) is 2.14. The molecule has 1 rings (SSSR count). The van der Waals surface area contributed by atoms with Gasteiger partial charge in [-0.05, 0) is 39.2 Å². The molecule has 0 aromatic rings. The molecular weight excluding hydrogens is 252 g/mol. The van der Waals surface area contributed by atoms with Crippen LogP contribution in [0.4, 0.5) is 0 Å². The SMILES string of the molecule is COCCOCCCCN1CC(C)(C)NCC1C(C)C. The molecule has 0 aliphatic carbocycles. The van der Waals surface area contributed by atoms with Crippen molar-refractivity contribution in [3.05, 3.63) is 0 Å². The number of hydrogen-bond donors (Lipinski definition) is 1. The van der Waals surface area contributed by atoms with Crippen molar-refractivity contribution in [3.8, 4) is 0 Å². The van der Waals surface area contributed by atoms with Gasteiger partial charge in [-0.3, -0.25) is 4.90 Å². The second kappa shape index (κ2) is 8.98. The molecule has 1 unspecified atom stereocenters. The molecule has 120 valence electrons. The molecule has 1 saturated heterocycles. The first-order chi connectivity index (χ1) is 9.46. The Hall–Kier alpha value is -0.160. The fraction of sp³-hybridized carbons (Fsp3) is 1.00. The third-order valence-corrected chi connectivity index (χ3v) is 4.04. The van der Waals surface area contributed by atoms with Crippen molar-refractivity contribution in [1.29, 1.82) is 0 Å². The van der Waals surface area contributed by atoms with E-state index in [4.69, 9.17) is 9.47 Å². The van der Waals surface area contributed by atoms with E-state index in [2.05, 4.69) is 37.9 Å². The van der Waals surface area contributed by atoms with E-state index in [1.54, 1.807) is 7.11 Å². The maximum atomic E-state index is 5.52. The Morgan fingerprint density at radius 3 is 2.60 bits per heavy atom. The minimum atomic E-state index is 0.236. The summed E-state index contributed by atoms with van der Waals surface area (Å²) in [5, 5.41) is 3.66. The zero-order valence-corrected chi connectivity index (χ0v) is 14.1. The lowest BCUT2D eigenvalue weighted by atomic mass is 9.93. The first-order valence-electron chi connectivity index (χ1n) is 8.02. The monoisotopic (exact) mass is 286 g/mol. The molecule has 20 heavy (non-hydrogen) atoms. The van der Waals surface area contributed by atoms with Crippen molar-refractivity contribution in [2.75, 3.05) is 46.6 Å². The molecule has 0 aromatic carbocycles. The summed E-state index contributed by atoms with van der Waals surface area (Å²) in [5.74, 6) is 0.705. The Bertz CT molecular complexity index is 257. The highest BCUT2D eigenvalue weighted by molar-refractivity contribution is 4.93. The minimum Gasteiger partial charge on any atom is -0.382 e. The lowest BCUT2D eigenvalue weighted by molar-refractivity contribution is 0.0542. The molecule has 1 atom stereocenters. The van der Waals surface area contributed by atoms with Gasteiger partial charge in [0.05, 0.1) is 13.2 Å². The normalized spacial score (nSPS) is 23.4. The van der Waals surface area contributed by atoms with Crippen LogP contribution < -0.4 is 5.32 Å². The van der Waals surface area contributed by atoms with E-state index in [1.807, 2.05) is 0 Å². The van der Waals surface area contributed by atoms with E-state index >= 15 is 0 Å². The average molecular weight is 286 g/mol. The molecule has 4 heteroatoms. The fourth-order valence-corrected chi connectivity index (χ4v) is 2.86. The summed E-state index contributed by atoms with van der Waals surface area (Å²) in [6, 6.07) is 0.664. The van der Waals surface area contributed by atoms with Gasteiger partial charge in [-0.2, -0.15) is 0 Å². The van der Waals surface area contributed by atoms with Gasteiger partial charge in [0.25, 0.3) is 0 Å². The summed E-state index contributed by atoms with van der Waals surface area (Å²) in [5.41, 5.74) is 0.236. The summed E-state index contributed by atoms with van der Waals surface area (Å²) >= 11 is 0. The first-order valence-corrected chi connectivity index (χ1v) is 8.02. The van der Waals surface area contributed by atoms with Gasteiger partial charge in [-0.15, -0.1) is 0 Å². The molecule has 1 aliphatic rings. The third kappa shape index (κ3) is 6.53. The van der Waals surface area contributed by atoms with Crippen LogP contribution in [0.25, 0.3) is 0 Å². The highest BCUT2D eigenvalue weighted by Gasteiger charge is 2.33. The quantitative estimate of drug-likeness (QED) is 0.659.